The Labute approximate surface area is 127 Å². The van der Waals surface area contributed by atoms with Crippen LogP contribution in [0, 0.1) is 28.9 Å². The van der Waals surface area contributed by atoms with Crippen molar-refractivity contribution < 1.29 is 19.6 Å². The van der Waals surface area contributed by atoms with Crippen molar-refractivity contribution in [2.75, 3.05) is 13.1 Å². The molecule has 1 fully saturated rings. The second-order valence-electron chi connectivity index (χ2n) is 5.79. The predicted octanol–water partition coefficient (Wildman–Crippen LogP) is 2.09. The number of hydrogen-bond acceptors (Lipinski definition) is 4. The van der Waals surface area contributed by atoms with Gasteiger partial charge in [0.1, 0.15) is 0 Å². The van der Waals surface area contributed by atoms with E-state index in [4.69, 9.17) is 0 Å². The van der Waals surface area contributed by atoms with Crippen molar-refractivity contribution in [3.8, 4) is 0 Å². The molecule has 1 saturated heterocycles. The number of nitro benzene ring substituents is 1. The van der Waals surface area contributed by atoms with Crippen LogP contribution in [0.15, 0.2) is 18.2 Å². The molecule has 22 heavy (non-hydrogen) atoms. The van der Waals surface area contributed by atoms with Gasteiger partial charge in [0.2, 0.25) is 0 Å². The van der Waals surface area contributed by atoms with E-state index in [1.807, 2.05) is 6.92 Å². The zero-order valence-electron chi connectivity index (χ0n) is 12.5. The smallest absolute Gasteiger partial charge is 0.308 e. The summed E-state index contributed by atoms with van der Waals surface area (Å²) < 4.78 is 0. The molecule has 1 aliphatic heterocycles. The molecular weight excluding hydrogens is 288 g/mol. The number of likely N-dealkylation sites (tertiary alicyclic amines) is 1. The number of nitrogens with zero attached hydrogens (tertiary/aromatic N) is 2. The van der Waals surface area contributed by atoms with Crippen molar-refractivity contribution >= 4 is 17.6 Å². The minimum Gasteiger partial charge on any atom is -0.481 e. The van der Waals surface area contributed by atoms with Crippen molar-refractivity contribution in [2.24, 2.45) is 11.8 Å². The van der Waals surface area contributed by atoms with Crippen molar-refractivity contribution in [2.45, 2.75) is 20.3 Å². The lowest BCUT2D eigenvalue weighted by atomic mass is 9.90. The molecule has 0 aliphatic carbocycles. The number of carbonyl (C=O) groups is 2. The zero-order chi connectivity index (χ0) is 16.4. The van der Waals surface area contributed by atoms with E-state index in [-0.39, 0.29) is 29.6 Å². The van der Waals surface area contributed by atoms with E-state index in [9.17, 15) is 24.8 Å². The van der Waals surface area contributed by atoms with Gasteiger partial charge in [-0.15, -0.1) is 0 Å². The fourth-order valence-corrected chi connectivity index (χ4v) is 2.92. The summed E-state index contributed by atoms with van der Waals surface area (Å²) in [7, 11) is 0. The first-order chi connectivity index (χ1) is 10.3. The van der Waals surface area contributed by atoms with Gasteiger partial charge in [0.25, 0.3) is 11.6 Å². The Morgan fingerprint density at radius 3 is 2.64 bits per heavy atom. The Morgan fingerprint density at radius 2 is 2.05 bits per heavy atom. The minimum atomic E-state index is -0.917. The highest BCUT2D eigenvalue weighted by molar-refractivity contribution is 5.97. The summed E-state index contributed by atoms with van der Waals surface area (Å²) in [4.78, 5) is 35.7. The molecule has 1 aliphatic rings. The van der Waals surface area contributed by atoms with Crippen LogP contribution in [0.2, 0.25) is 0 Å². The maximum Gasteiger partial charge on any atom is 0.308 e. The molecule has 1 amide bonds. The number of nitro groups is 1. The molecule has 1 heterocycles. The van der Waals surface area contributed by atoms with E-state index >= 15 is 0 Å². The number of hydrogen-bond donors (Lipinski definition) is 1. The number of carboxylic acids is 1. The van der Waals surface area contributed by atoms with E-state index in [0.29, 0.717) is 18.5 Å². The molecule has 0 bridgehead atoms. The molecule has 0 aromatic heterocycles. The van der Waals surface area contributed by atoms with Crippen LogP contribution in [0.5, 0.6) is 0 Å². The van der Waals surface area contributed by atoms with E-state index < -0.39 is 16.8 Å². The van der Waals surface area contributed by atoms with Crippen molar-refractivity contribution in [1.82, 2.24) is 4.90 Å². The van der Waals surface area contributed by atoms with Gasteiger partial charge >= 0.3 is 5.97 Å². The number of piperidine rings is 1. The van der Waals surface area contributed by atoms with Gasteiger partial charge in [-0.2, -0.15) is 0 Å². The van der Waals surface area contributed by atoms with E-state index in [1.54, 1.807) is 6.07 Å². The van der Waals surface area contributed by atoms with E-state index in [2.05, 4.69) is 0 Å². The first-order valence-electron chi connectivity index (χ1n) is 7.07. The second-order valence-corrected chi connectivity index (χ2v) is 5.79. The summed E-state index contributed by atoms with van der Waals surface area (Å²) in [6.45, 7) is 4.04. The Morgan fingerprint density at radius 1 is 1.36 bits per heavy atom. The second kappa shape index (κ2) is 6.13. The van der Waals surface area contributed by atoms with Gasteiger partial charge < -0.3 is 10.0 Å². The normalized spacial score (nSPS) is 21.5. The third kappa shape index (κ3) is 3.08. The lowest BCUT2D eigenvalue weighted by Gasteiger charge is -2.35. The molecule has 7 heteroatoms. The fourth-order valence-electron chi connectivity index (χ4n) is 2.92. The zero-order valence-corrected chi connectivity index (χ0v) is 12.5. The number of aliphatic carboxylic acids is 1. The molecule has 1 N–H and O–H groups in total. The molecule has 7 nitrogen and oxygen atoms in total. The monoisotopic (exact) mass is 306 g/mol. The van der Waals surface area contributed by atoms with Gasteiger partial charge in [0, 0.05) is 30.3 Å². The van der Waals surface area contributed by atoms with Crippen LogP contribution in [-0.2, 0) is 4.79 Å². The first kappa shape index (κ1) is 15.9. The predicted molar refractivity (Wildman–Crippen MR) is 78.6 cm³/mol. The van der Waals surface area contributed by atoms with Crippen molar-refractivity contribution in [1.29, 1.82) is 0 Å². The lowest BCUT2D eigenvalue weighted by molar-refractivity contribution is -0.385. The van der Waals surface area contributed by atoms with Gasteiger partial charge in [-0.05, 0) is 25.3 Å². The summed E-state index contributed by atoms with van der Waals surface area (Å²) >= 11 is 0. The fraction of sp³-hybridized carbons (Fsp3) is 0.467. The van der Waals surface area contributed by atoms with Crippen molar-refractivity contribution in [3.63, 3.8) is 0 Å². The summed E-state index contributed by atoms with van der Waals surface area (Å²) in [5.41, 5.74) is 0.459. The molecular formula is C15H18N2O5. The summed E-state index contributed by atoms with van der Waals surface area (Å²) in [6.07, 6.45) is 0.535. The van der Waals surface area contributed by atoms with Crippen LogP contribution in [0.25, 0.3) is 0 Å². The van der Waals surface area contributed by atoms with Crippen LogP contribution >= 0.6 is 0 Å². The molecule has 0 spiro atoms. The Bertz CT molecular complexity index is 628. The quantitative estimate of drug-likeness (QED) is 0.680. The van der Waals surface area contributed by atoms with Crippen molar-refractivity contribution in [3.05, 3.63) is 39.4 Å². The molecule has 1 aromatic rings. The van der Waals surface area contributed by atoms with Crippen LogP contribution in [0.3, 0.4) is 0 Å². The Hall–Kier alpha value is -2.44. The SMILES string of the molecule is Cc1c(C(=O)N2CC(C)CC(C(=O)O)C2)cccc1[N+](=O)[O-]. The summed E-state index contributed by atoms with van der Waals surface area (Å²) in [5, 5.41) is 20.1. The van der Waals surface area contributed by atoms with E-state index in [1.165, 1.54) is 24.0 Å². The number of carboxylic acid groups (broad SMARTS) is 1. The maximum absolute atomic E-state index is 12.6. The molecule has 2 unspecified atom stereocenters. The Balaban J connectivity index is 2.30. The van der Waals surface area contributed by atoms with Gasteiger partial charge in [-0.3, -0.25) is 19.7 Å². The van der Waals surface area contributed by atoms with Gasteiger partial charge in [-0.25, -0.2) is 0 Å². The summed E-state index contributed by atoms with van der Waals surface area (Å²) in [5.74, 6) is -1.77. The highest BCUT2D eigenvalue weighted by atomic mass is 16.6. The van der Waals surface area contributed by atoms with Gasteiger partial charge in [0.05, 0.1) is 10.8 Å². The topological polar surface area (TPSA) is 101 Å². The van der Waals surface area contributed by atoms with Crippen LogP contribution in [-0.4, -0.2) is 39.9 Å². The van der Waals surface area contributed by atoms with Crippen LogP contribution in [0.4, 0.5) is 5.69 Å². The lowest BCUT2D eigenvalue weighted by Crippen LogP contribution is -2.45. The summed E-state index contributed by atoms with van der Waals surface area (Å²) in [6, 6.07) is 4.37. The van der Waals surface area contributed by atoms with Crippen LogP contribution in [0.1, 0.15) is 29.3 Å². The average molecular weight is 306 g/mol. The highest BCUT2D eigenvalue weighted by Crippen LogP contribution is 2.26. The molecule has 2 atom stereocenters. The number of benzene rings is 1. The molecule has 2 rings (SSSR count). The molecule has 0 saturated carbocycles. The molecule has 0 radical (unpaired) electrons. The third-order valence-corrected chi connectivity index (χ3v) is 4.03. The van der Waals surface area contributed by atoms with Gasteiger partial charge in [-0.1, -0.05) is 13.0 Å². The third-order valence-electron chi connectivity index (χ3n) is 4.03. The van der Waals surface area contributed by atoms with E-state index in [0.717, 1.165) is 0 Å². The largest absolute Gasteiger partial charge is 0.481 e. The van der Waals surface area contributed by atoms with Crippen LogP contribution < -0.4 is 0 Å². The number of amides is 1. The average Bonchev–Trinajstić information content (AvgIpc) is 2.45. The maximum atomic E-state index is 12.6. The molecule has 1 aromatic carbocycles. The van der Waals surface area contributed by atoms with Gasteiger partial charge in [0.15, 0.2) is 0 Å². The minimum absolute atomic E-state index is 0.0813. The molecule has 118 valence electrons. The first-order valence-corrected chi connectivity index (χ1v) is 7.07. The number of rotatable bonds is 3. The highest BCUT2D eigenvalue weighted by Gasteiger charge is 2.33. The number of carbonyl (C=O) groups excluding carboxylic acids is 1. The Kier molecular flexibility index (Phi) is 4.44. The standard InChI is InChI=1S/C15H18N2O5/c1-9-6-11(15(19)20)8-16(7-9)14(18)12-4-3-5-13(10(12)2)17(21)22/h3-5,9,11H,6-8H2,1-2H3,(H,19,20).